The summed E-state index contributed by atoms with van der Waals surface area (Å²) < 4.78 is 0. The first-order chi connectivity index (χ1) is 13.0. The van der Waals surface area contributed by atoms with Crippen LogP contribution < -0.4 is 15.5 Å². The average molecular weight is 365 g/mol. The minimum atomic E-state index is -0.234. The van der Waals surface area contributed by atoms with Crippen LogP contribution >= 0.6 is 0 Å². The molecule has 0 bridgehead atoms. The number of piperidine rings is 1. The number of rotatable bonds is 4. The first-order valence-electron chi connectivity index (χ1n) is 9.04. The minimum Gasteiger partial charge on any atom is -0.355 e. The molecule has 1 heterocycles. The average Bonchev–Trinajstić information content (AvgIpc) is 2.69. The van der Waals surface area contributed by atoms with E-state index in [1.54, 1.807) is 54.4 Å². The van der Waals surface area contributed by atoms with Crippen molar-refractivity contribution < 1.29 is 14.4 Å². The molecular formula is C21H23N3O3. The third kappa shape index (κ3) is 4.16. The minimum absolute atomic E-state index is 0.130. The zero-order valence-electron chi connectivity index (χ0n) is 15.5. The SMILES string of the molecule is CNC(=O)c1ccc(NC(=O)c2ccc(N3CCCCC3=O)cc2)c(C)c1. The van der Waals surface area contributed by atoms with E-state index >= 15 is 0 Å². The second-order valence-corrected chi connectivity index (χ2v) is 6.61. The first-order valence-corrected chi connectivity index (χ1v) is 9.04. The van der Waals surface area contributed by atoms with Gasteiger partial charge in [0.05, 0.1) is 0 Å². The number of amides is 3. The van der Waals surface area contributed by atoms with Crippen LogP contribution in [0.2, 0.25) is 0 Å². The lowest BCUT2D eigenvalue weighted by molar-refractivity contribution is -0.119. The number of aryl methyl sites for hydroxylation is 1. The molecule has 3 rings (SSSR count). The molecule has 1 fully saturated rings. The Hall–Kier alpha value is -3.15. The molecule has 2 N–H and O–H groups in total. The van der Waals surface area contributed by atoms with E-state index in [4.69, 9.17) is 0 Å². The largest absolute Gasteiger partial charge is 0.355 e. The van der Waals surface area contributed by atoms with Crippen LogP contribution in [0.5, 0.6) is 0 Å². The van der Waals surface area contributed by atoms with E-state index in [2.05, 4.69) is 10.6 Å². The molecule has 2 aromatic carbocycles. The fraction of sp³-hybridized carbons (Fsp3) is 0.286. The molecule has 1 aliphatic rings. The van der Waals surface area contributed by atoms with E-state index in [0.717, 1.165) is 30.6 Å². The van der Waals surface area contributed by atoms with Crippen LogP contribution in [0.1, 0.15) is 45.5 Å². The van der Waals surface area contributed by atoms with Gasteiger partial charge in [-0.3, -0.25) is 14.4 Å². The molecule has 6 nitrogen and oxygen atoms in total. The normalized spacial score (nSPS) is 14.0. The fourth-order valence-corrected chi connectivity index (χ4v) is 3.16. The Labute approximate surface area is 158 Å². The quantitative estimate of drug-likeness (QED) is 0.874. The number of carbonyl (C=O) groups excluding carboxylic acids is 3. The van der Waals surface area contributed by atoms with Gasteiger partial charge in [-0.15, -0.1) is 0 Å². The Morgan fingerprint density at radius 3 is 2.30 bits per heavy atom. The maximum atomic E-state index is 12.5. The summed E-state index contributed by atoms with van der Waals surface area (Å²) in [6, 6.07) is 12.2. The molecule has 0 radical (unpaired) electrons. The number of nitrogens with one attached hydrogen (secondary N) is 2. The summed E-state index contributed by atoms with van der Waals surface area (Å²) in [5.41, 5.74) is 3.34. The van der Waals surface area contributed by atoms with E-state index in [-0.39, 0.29) is 17.7 Å². The number of anilines is 2. The second kappa shape index (κ2) is 8.03. The van der Waals surface area contributed by atoms with Gasteiger partial charge in [-0.05, 0) is 67.8 Å². The predicted octanol–water partition coefficient (Wildman–Crippen LogP) is 3.12. The fourth-order valence-electron chi connectivity index (χ4n) is 3.16. The van der Waals surface area contributed by atoms with Crippen LogP contribution in [0.25, 0.3) is 0 Å². The van der Waals surface area contributed by atoms with Crippen molar-refractivity contribution in [3.05, 3.63) is 59.2 Å². The topological polar surface area (TPSA) is 78.5 Å². The van der Waals surface area contributed by atoms with Gasteiger partial charge in [0, 0.05) is 42.5 Å². The van der Waals surface area contributed by atoms with Gasteiger partial charge in [-0.2, -0.15) is 0 Å². The number of hydrogen-bond acceptors (Lipinski definition) is 3. The van der Waals surface area contributed by atoms with Gasteiger partial charge in [-0.1, -0.05) is 0 Å². The second-order valence-electron chi connectivity index (χ2n) is 6.61. The van der Waals surface area contributed by atoms with Crippen LogP contribution in [-0.4, -0.2) is 31.3 Å². The summed E-state index contributed by atoms with van der Waals surface area (Å²) >= 11 is 0. The predicted molar refractivity (Wildman–Crippen MR) is 105 cm³/mol. The Morgan fingerprint density at radius 1 is 0.963 bits per heavy atom. The van der Waals surface area contributed by atoms with Crippen molar-refractivity contribution in [2.45, 2.75) is 26.2 Å². The molecule has 1 aliphatic heterocycles. The van der Waals surface area contributed by atoms with Crippen molar-refractivity contribution in [1.82, 2.24) is 5.32 Å². The standard InChI is InChI=1S/C21H23N3O3/c1-14-13-16(20(26)22-2)8-11-18(14)23-21(27)15-6-9-17(10-7-15)24-12-4-3-5-19(24)25/h6-11,13H,3-5,12H2,1-2H3,(H,22,26)(H,23,27). The third-order valence-electron chi connectivity index (χ3n) is 4.73. The summed E-state index contributed by atoms with van der Waals surface area (Å²) in [6.45, 7) is 2.56. The van der Waals surface area contributed by atoms with Crippen molar-refractivity contribution >= 4 is 29.1 Å². The van der Waals surface area contributed by atoms with E-state index in [1.807, 2.05) is 6.92 Å². The Balaban J connectivity index is 1.71. The van der Waals surface area contributed by atoms with Gasteiger partial charge in [0.2, 0.25) is 5.91 Å². The number of hydrogen-bond donors (Lipinski definition) is 2. The summed E-state index contributed by atoms with van der Waals surface area (Å²) in [5, 5.41) is 5.44. The van der Waals surface area contributed by atoms with Crippen molar-refractivity contribution in [3.63, 3.8) is 0 Å². The van der Waals surface area contributed by atoms with E-state index in [1.165, 1.54) is 0 Å². The summed E-state index contributed by atoms with van der Waals surface area (Å²) in [5.74, 6) is -0.272. The molecule has 0 unspecified atom stereocenters. The van der Waals surface area contributed by atoms with Crippen LogP contribution in [-0.2, 0) is 4.79 Å². The third-order valence-corrected chi connectivity index (χ3v) is 4.73. The van der Waals surface area contributed by atoms with Gasteiger partial charge in [-0.25, -0.2) is 0 Å². The van der Waals surface area contributed by atoms with Gasteiger partial charge in [0.15, 0.2) is 0 Å². The van der Waals surface area contributed by atoms with Crippen molar-refractivity contribution in [3.8, 4) is 0 Å². The van der Waals surface area contributed by atoms with Gasteiger partial charge in [0.25, 0.3) is 11.8 Å². The summed E-state index contributed by atoms with van der Waals surface area (Å²) in [7, 11) is 1.58. The molecule has 0 spiro atoms. The van der Waals surface area contributed by atoms with Crippen LogP contribution in [0, 0.1) is 6.92 Å². The number of benzene rings is 2. The Kier molecular flexibility index (Phi) is 5.54. The van der Waals surface area contributed by atoms with E-state index < -0.39 is 0 Å². The molecule has 0 atom stereocenters. The van der Waals surface area contributed by atoms with Gasteiger partial charge in [0.1, 0.15) is 0 Å². The molecular weight excluding hydrogens is 342 g/mol. The highest BCUT2D eigenvalue weighted by Crippen LogP contribution is 2.22. The molecule has 0 saturated carbocycles. The smallest absolute Gasteiger partial charge is 0.255 e. The first kappa shape index (κ1) is 18.6. The van der Waals surface area contributed by atoms with E-state index in [9.17, 15) is 14.4 Å². The van der Waals surface area contributed by atoms with Crippen molar-refractivity contribution in [2.24, 2.45) is 0 Å². The lowest BCUT2D eigenvalue weighted by atomic mass is 10.1. The molecule has 27 heavy (non-hydrogen) atoms. The Bertz CT molecular complexity index is 875. The van der Waals surface area contributed by atoms with Crippen LogP contribution in [0.4, 0.5) is 11.4 Å². The molecule has 6 heteroatoms. The van der Waals surface area contributed by atoms with Crippen LogP contribution in [0.15, 0.2) is 42.5 Å². The summed E-state index contributed by atoms with van der Waals surface area (Å²) in [4.78, 5) is 38.0. The molecule has 0 aromatic heterocycles. The lowest BCUT2D eigenvalue weighted by Gasteiger charge is -2.26. The zero-order valence-corrected chi connectivity index (χ0v) is 15.5. The maximum absolute atomic E-state index is 12.5. The highest BCUT2D eigenvalue weighted by molar-refractivity contribution is 6.05. The molecule has 2 aromatic rings. The van der Waals surface area contributed by atoms with Crippen molar-refractivity contribution in [2.75, 3.05) is 23.8 Å². The Morgan fingerprint density at radius 2 is 1.67 bits per heavy atom. The number of nitrogens with zero attached hydrogens (tertiary/aromatic N) is 1. The van der Waals surface area contributed by atoms with Crippen LogP contribution in [0.3, 0.4) is 0 Å². The van der Waals surface area contributed by atoms with Gasteiger partial charge < -0.3 is 15.5 Å². The molecule has 3 amide bonds. The number of carbonyl (C=O) groups is 3. The molecule has 140 valence electrons. The lowest BCUT2D eigenvalue weighted by Crippen LogP contribution is -2.35. The monoisotopic (exact) mass is 365 g/mol. The van der Waals surface area contributed by atoms with Gasteiger partial charge >= 0.3 is 0 Å². The highest BCUT2D eigenvalue weighted by atomic mass is 16.2. The molecule has 0 aliphatic carbocycles. The highest BCUT2D eigenvalue weighted by Gasteiger charge is 2.19. The van der Waals surface area contributed by atoms with E-state index in [0.29, 0.717) is 23.2 Å². The summed E-state index contributed by atoms with van der Waals surface area (Å²) in [6.07, 6.45) is 2.51. The van der Waals surface area contributed by atoms with Crippen molar-refractivity contribution in [1.29, 1.82) is 0 Å². The zero-order chi connectivity index (χ0) is 19.4. The molecule has 1 saturated heterocycles. The maximum Gasteiger partial charge on any atom is 0.255 e.